The number of nitrogens with one attached hydrogen (secondary N) is 1. The molecular formula is C33H29Cl2N5O3. The van der Waals surface area contributed by atoms with E-state index in [4.69, 9.17) is 42.4 Å². The molecule has 2 aromatic carbocycles. The molecule has 8 nitrogen and oxygen atoms in total. The van der Waals surface area contributed by atoms with Crippen molar-refractivity contribution in [2.75, 3.05) is 45.8 Å². The SMILES string of the molecule is COc1cc(Nc2c(C#N)cnc3cc(C#Cc4cccc(CN5CCC6(CC5)COC6)n4)c(OC)cc23)c(Cl)cc1Cl. The van der Waals surface area contributed by atoms with Gasteiger partial charge in [0.15, 0.2) is 0 Å². The number of likely N-dealkylation sites (tertiary alicyclic amines) is 1. The van der Waals surface area contributed by atoms with Crippen LogP contribution in [0.25, 0.3) is 10.9 Å². The summed E-state index contributed by atoms with van der Waals surface area (Å²) in [5.41, 5.74) is 4.77. The van der Waals surface area contributed by atoms with Crippen molar-refractivity contribution in [3.8, 4) is 29.4 Å². The Morgan fingerprint density at radius 3 is 2.49 bits per heavy atom. The van der Waals surface area contributed by atoms with E-state index < -0.39 is 0 Å². The Balaban J connectivity index is 1.27. The lowest BCUT2D eigenvalue weighted by Gasteiger charge is -2.47. The standard InChI is InChI=1S/C33H29Cl2N5O3/c1-41-30-13-25-28(37-17-22(16-36)32(25)39-29-15-31(42-2)27(35)14-26(29)34)12-21(30)6-7-23-4-3-5-24(38-23)18-40-10-8-33(9-11-40)19-43-20-33/h3-5,12-15,17H,8-11,18-20H2,1-2H3,(H,37,39). The highest BCUT2D eigenvalue weighted by atomic mass is 35.5. The molecule has 2 aliphatic rings. The second kappa shape index (κ2) is 12.3. The molecule has 1 spiro atoms. The number of methoxy groups -OCH3 is 2. The van der Waals surface area contributed by atoms with Crippen LogP contribution in [-0.2, 0) is 11.3 Å². The van der Waals surface area contributed by atoms with E-state index in [0.717, 1.165) is 38.5 Å². The van der Waals surface area contributed by atoms with Gasteiger partial charge in [0.25, 0.3) is 0 Å². The van der Waals surface area contributed by atoms with E-state index in [2.05, 4.69) is 33.1 Å². The first-order chi connectivity index (χ1) is 20.9. The zero-order valence-electron chi connectivity index (χ0n) is 23.8. The lowest BCUT2D eigenvalue weighted by atomic mass is 9.77. The van der Waals surface area contributed by atoms with E-state index in [9.17, 15) is 5.26 Å². The van der Waals surface area contributed by atoms with Crippen LogP contribution in [-0.4, -0.2) is 55.4 Å². The molecule has 0 bridgehead atoms. The van der Waals surface area contributed by atoms with Gasteiger partial charge in [-0.15, -0.1) is 0 Å². The van der Waals surface area contributed by atoms with Gasteiger partial charge in [-0.1, -0.05) is 35.2 Å². The lowest BCUT2D eigenvalue weighted by Crippen LogP contribution is -2.50. The smallest absolute Gasteiger partial charge is 0.139 e. The van der Waals surface area contributed by atoms with Crippen LogP contribution < -0.4 is 14.8 Å². The van der Waals surface area contributed by atoms with Crippen molar-refractivity contribution in [3.63, 3.8) is 0 Å². The number of rotatable bonds is 6. The highest BCUT2D eigenvalue weighted by Crippen LogP contribution is 2.40. The Morgan fingerprint density at radius 1 is 1.00 bits per heavy atom. The zero-order chi connectivity index (χ0) is 30.0. The molecule has 0 radical (unpaired) electrons. The molecule has 6 rings (SSSR count). The number of aromatic nitrogens is 2. The predicted molar refractivity (Wildman–Crippen MR) is 167 cm³/mol. The number of anilines is 2. The fraction of sp³-hybridized carbons (Fsp3) is 0.303. The Bertz CT molecular complexity index is 1800. The summed E-state index contributed by atoms with van der Waals surface area (Å²) in [6.07, 6.45) is 3.87. The number of hydrogen-bond donors (Lipinski definition) is 1. The molecule has 2 fully saturated rings. The summed E-state index contributed by atoms with van der Waals surface area (Å²) < 4.78 is 16.5. The Kier molecular flexibility index (Phi) is 8.30. The maximum atomic E-state index is 9.85. The van der Waals surface area contributed by atoms with Crippen molar-refractivity contribution in [2.45, 2.75) is 19.4 Å². The number of pyridine rings is 2. The number of hydrogen-bond acceptors (Lipinski definition) is 8. The molecule has 0 aliphatic carbocycles. The first kappa shape index (κ1) is 29.0. The molecule has 0 amide bonds. The largest absolute Gasteiger partial charge is 0.495 e. The number of piperidine rings is 1. The molecule has 0 saturated carbocycles. The third kappa shape index (κ3) is 6.06. The van der Waals surface area contributed by atoms with Crippen molar-refractivity contribution in [1.82, 2.24) is 14.9 Å². The van der Waals surface area contributed by atoms with Gasteiger partial charge in [-0.3, -0.25) is 9.88 Å². The molecule has 0 unspecified atom stereocenters. The number of fused-ring (bicyclic) bond motifs is 1. The number of benzene rings is 2. The molecule has 1 N–H and O–H groups in total. The van der Waals surface area contributed by atoms with Gasteiger partial charge < -0.3 is 19.5 Å². The lowest BCUT2D eigenvalue weighted by molar-refractivity contribution is -0.140. The van der Waals surface area contributed by atoms with E-state index >= 15 is 0 Å². The molecule has 4 heterocycles. The Labute approximate surface area is 260 Å². The van der Waals surface area contributed by atoms with Gasteiger partial charge >= 0.3 is 0 Å². The van der Waals surface area contributed by atoms with Crippen LogP contribution in [0.3, 0.4) is 0 Å². The summed E-state index contributed by atoms with van der Waals surface area (Å²) in [7, 11) is 3.11. The van der Waals surface area contributed by atoms with Crippen molar-refractivity contribution in [2.24, 2.45) is 5.41 Å². The average Bonchev–Trinajstić information content (AvgIpc) is 3.00. The molecule has 218 valence electrons. The van der Waals surface area contributed by atoms with Crippen LogP contribution in [0.15, 0.2) is 48.7 Å². The third-order valence-electron chi connectivity index (χ3n) is 8.06. The first-order valence-corrected chi connectivity index (χ1v) is 14.6. The zero-order valence-corrected chi connectivity index (χ0v) is 25.3. The van der Waals surface area contributed by atoms with E-state index in [1.807, 2.05) is 30.3 Å². The minimum atomic E-state index is 0.337. The predicted octanol–water partition coefficient (Wildman–Crippen LogP) is 6.58. The third-order valence-corrected chi connectivity index (χ3v) is 8.67. The molecule has 4 aromatic rings. The van der Waals surface area contributed by atoms with E-state index in [-0.39, 0.29) is 0 Å². The molecule has 2 aromatic heterocycles. The van der Waals surface area contributed by atoms with E-state index in [1.54, 1.807) is 19.2 Å². The minimum Gasteiger partial charge on any atom is -0.495 e. The number of halogens is 2. The summed E-state index contributed by atoms with van der Waals surface area (Å²) in [4.78, 5) is 11.8. The van der Waals surface area contributed by atoms with Crippen molar-refractivity contribution in [3.05, 3.63) is 81.2 Å². The molecule has 2 aliphatic heterocycles. The number of nitriles is 1. The van der Waals surface area contributed by atoms with Crippen LogP contribution in [0.5, 0.6) is 11.5 Å². The fourth-order valence-corrected chi connectivity index (χ4v) is 5.99. The molecule has 43 heavy (non-hydrogen) atoms. The average molecular weight is 615 g/mol. The number of nitrogens with zero attached hydrogens (tertiary/aromatic N) is 4. The second-order valence-electron chi connectivity index (χ2n) is 10.9. The summed E-state index contributed by atoms with van der Waals surface area (Å²) in [6, 6.07) is 15.1. The minimum absolute atomic E-state index is 0.337. The van der Waals surface area contributed by atoms with E-state index in [0.29, 0.717) is 66.1 Å². The first-order valence-electron chi connectivity index (χ1n) is 13.9. The highest BCUT2D eigenvalue weighted by molar-refractivity contribution is 6.37. The normalized spacial score (nSPS) is 15.7. The van der Waals surface area contributed by atoms with Crippen LogP contribution in [0.2, 0.25) is 10.0 Å². The van der Waals surface area contributed by atoms with Gasteiger partial charge in [-0.25, -0.2) is 4.98 Å². The van der Waals surface area contributed by atoms with Crippen molar-refractivity contribution in [1.29, 1.82) is 5.26 Å². The monoisotopic (exact) mass is 613 g/mol. The summed E-state index contributed by atoms with van der Waals surface area (Å²) >= 11 is 12.7. The summed E-state index contributed by atoms with van der Waals surface area (Å²) in [5, 5.41) is 14.5. The maximum Gasteiger partial charge on any atom is 0.139 e. The van der Waals surface area contributed by atoms with Crippen LogP contribution in [0, 0.1) is 28.6 Å². The van der Waals surface area contributed by atoms with Gasteiger partial charge in [0.2, 0.25) is 0 Å². The van der Waals surface area contributed by atoms with Crippen LogP contribution >= 0.6 is 23.2 Å². The molecule has 10 heteroatoms. The Morgan fingerprint density at radius 2 is 1.79 bits per heavy atom. The molecular weight excluding hydrogens is 585 g/mol. The van der Waals surface area contributed by atoms with Crippen molar-refractivity contribution >= 4 is 45.5 Å². The van der Waals surface area contributed by atoms with E-state index in [1.165, 1.54) is 26.1 Å². The molecule has 0 atom stereocenters. The maximum absolute atomic E-state index is 9.85. The van der Waals surface area contributed by atoms with Crippen molar-refractivity contribution < 1.29 is 14.2 Å². The van der Waals surface area contributed by atoms with Gasteiger partial charge in [-0.05, 0) is 62.2 Å². The summed E-state index contributed by atoms with van der Waals surface area (Å²) in [6.45, 7) is 4.73. The van der Waals surface area contributed by atoms with Gasteiger partial charge in [0.1, 0.15) is 23.3 Å². The van der Waals surface area contributed by atoms with Gasteiger partial charge in [0, 0.05) is 29.6 Å². The highest BCUT2D eigenvalue weighted by Gasteiger charge is 2.41. The van der Waals surface area contributed by atoms with Crippen LogP contribution in [0.1, 0.15) is 35.4 Å². The number of ether oxygens (including phenoxy) is 3. The molecule has 2 saturated heterocycles. The Hall–Kier alpha value is -4.05. The topological polar surface area (TPSA) is 92.5 Å². The van der Waals surface area contributed by atoms with Gasteiger partial charge in [0.05, 0.1) is 71.2 Å². The van der Waals surface area contributed by atoms with Gasteiger partial charge in [-0.2, -0.15) is 5.26 Å². The fourth-order valence-electron chi connectivity index (χ4n) is 5.48. The summed E-state index contributed by atoms with van der Waals surface area (Å²) in [5.74, 6) is 7.40. The van der Waals surface area contributed by atoms with Crippen LogP contribution in [0.4, 0.5) is 11.4 Å². The quantitative estimate of drug-likeness (QED) is 0.244. The second-order valence-corrected chi connectivity index (χ2v) is 11.7.